The molecule has 0 bridgehead atoms. The van der Waals surface area contributed by atoms with Crippen molar-refractivity contribution in [1.82, 2.24) is 5.32 Å². The van der Waals surface area contributed by atoms with Crippen LogP contribution in [0.25, 0.3) is 0 Å². The summed E-state index contributed by atoms with van der Waals surface area (Å²) in [5.74, 6) is -0.0556. The van der Waals surface area contributed by atoms with E-state index in [4.69, 9.17) is 10.0 Å². The van der Waals surface area contributed by atoms with Crippen LogP contribution in [-0.2, 0) is 0 Å². The average molecular weight is 101 g/mol. The lowest BCUT2D eigenvalue weighted by Crippen LogP contribution is -2.53. The first-order valence-corrected chi connectivity index (χ1v) is 2.40. The van der Waals surface area contributed by atoms with Gasteiger partial charge in [-0.25, -0.2) is 0 Å². The van der Waals surface area contributed by atoms with Gasteiger partial charge in [0, 0.05) is 5.94 Å². The monoisotopic (exact) mass is 101 g/mol. The second-order valence-corrected chi connectivity index (χ2v) is 1.76. The van der Waals surface area contributed by atoms with E-state index < -0.39 is 7.12 Å². The van der Waals surface area contributed by atoms with Crippen molar-refractivity contribution >= 4 is 7.12 Å². The molecule has 0 aromatic heterocycles. The minimum absolute atomic E-state index is 0.0556. The fourth-order valence-electron chi connectivity index (χ4n) is 0.565. The normalized spacial score (nSPS) is 29.1. The first kappa shape index (κ1) is 5.09. The molecular weight excluding hydrogens is 92.8 g/mol. The fourth-order valence-corrected chi connectivity index (χ4v) is 0.565. The first-order chi connectivity index (χ1) is 3.30. The van der Waals surface area contributed by atoms with Gasteiger partial charge in [-0.05, 0) is 13.0 Å². The SMILES string of the molecule is OB(O)C1CCN1. The predicted octanol–water partition coefficient (Wildman–Crippen LogP) is -1.64. The molecule has 1 rings (SSSR count). The molecule has 1 saturated heterocycles. The van der Waals surface area contributed by atoms with Crippen LogP contribution in [0.15, 0.2) is 0 Å². The second kappa shape index (κ2) is 1.82. The predicted molar refractivity (Wildman–Crippen MR) is 26.6 cm³/mol. The summed E-state index contributed by atoms with van der Waals surface area (Å²) < 4.78 is 0. The summed E-state index contributed by atoms with van der Waals surface area (Å²) in [6, 6.07) is 0. The molecule has 1 atom stereocenters. The van der Waals surface area contributed by atoms with Crippen LogP contribution in [0.1, 0.15) is 6.42 Å². The Morgan fingerprint density at radius 1 is 1.57 bits per heavy atom. The second-order valence-electron chi connectivity index (χ2n) is 1.76. The lowest BCUT2D eigenvalue weighted by atomic mass is 9.74. The third-order valence-corrected chi connectivity index (χ3v) is 1.22. The molecule has 0 aromatic carbocycles. The summed E-state index contributed by atoms with van der Waals surface area (Å²) in [5.41, 5.74) is 0. The van der Waals surface area contributed by atoms with Crippen LogP contribution in [0.3, 0.4) is 0 Å². The van der Waals surface area contributed by atoms with E-state index in [9.17, 15) is 0 Å². The van der Waals surface area contributed by atoms with Gasteiger partial charge in [0.25, 0.3) is 0 Å². The molecule has 0 amide bonds. The van der Waals surface area contributed by atoms with Crippen LogP contribution >= 0.6 is 0 Å². The molecule has 0 aromatic rings. The van der Waals surface area contributed by atoms with E-state index in [-0.39, 0.29) is 5.94 Å². The van der Waals surface area contributed by atoms with Crippen LogP contribution in [0, 0.1) is 0 Å². The van der Waals surface area contributed by atoms with E-state index in [0.717, 1.165) is 13.0 Å². The Kier molecular flexibility index (Phi) is 1.32. The highest BCUT2D eigenvalue weighted by molar-refractivity contribution is 6.43. The molecule has 40 valence electrons. The average Bonchev–Trinajstić information content (AvgIpc) is 1.23. The van der Waals surface area contributed by atoms with Crippen LogP contribution < -0.4 is 5.32 Å². The zero-order valence-corrected chi connectivity index (χ0v) is 3.96. The Bertz CT molecular complexity index is 64.0. The molecule has 7 heavy (non-hydrogen) atoms. The highest BCUT2D eigenvalue weighted by atomic mass is 16.4. The van der Waals surface area contributed by atoms with Crippen LogP contribution in [0.4, 0.5) is 0 Å². The van der Waals surface area contributed by atoms with Gasteiger partial charge in [-0.2, -0.15) is 0 Å². The van der Waals surface area contributed by atoms with Crippen molar-refractivity contribution in [3.05, 3.63) is 0 Å². The summed E-state index contributed by atoms with van der Waals surface area (Å²) in [6.07, 6.45) is 0.887. The molecule has 1 heterocycles. The Labute approximate surface area is 42.5 Å². The molecule has 1 fully saturated rings. The minimum Gasteiger partial charge on any atom is -0.426 e. The first-order valence-electron chi connectivity index (χ1n) is 2.40. The third kappa shape index (κ3) is 0.935. The van der Waals surface area contributed by atoms with Gasteiger partial charge in [0.05, 0.1) is 0 Å². The fraction of sp³-hybridized carbons (Fsp3) is 1.00. The molecule has 1 aliphatic rings. The summed E-state index contributed by atoms with van der Waals surface area (Å²) in [6.45, 7) is 0.919. The zero-order chi connectivity index (χ0) is 5.28. The smallest absolute Gasteiger partial charge is 0.426 e. The molecule has 0 spiro atoms. The maximum atomic E-state index is 8.37. The van der Waals surface area contributed by atoms with Crippen molar-refractivity contribution in [2.75, 3.05) is 6.54 Å². The van der Waals surface area contributed by atoms with Crippen molar-refractivity contribution < 1.29 is 10.0 Å². The lowest BCUT2D eigenvalue weighted by Gasteiger charge is -2.25. The van der Waals surface area contributed by atoms with E-state index in [2.05, 4.69) is 5.32 Å². The summed E-state index contributed by atoms with van der Waals surface area (Å²) in [7, 11) is -1.16. The van der Waals surface area contributed by atoms with Crippen molar-refractivity contribution in [3.63, 3.8) is 0 Å². The Hall–Kier alpha value is -0.0551. The lowest BCUT2D eigenvalue weighted by molar-refractivity contribution is 0.326. The molecule has 0 saturated carbocycles. The van der Waals surface area contributed by atoms with Gasteiger partial charge in [0.1, 0.15) is 0 Å². The molecule has 4 heteroatoms. The van der Waals surface area contributed by atoms with E-state index >= 15 is 0 Å². The van der Waals surface area contributed by atoms with E-state index in [0.29, 0.717) is 0 Å². The third-order valence-electron chi connectivity index (χ3n) is 1.22. The number of nitrogens with one attached hydrogen (secondary N) is 1. The largest absolute Gasteiger partial charge is 0.469 e. The van der Waals surface area contributed by atoms with Crippen molar-refractivity contribution in [1.29, 1.82) is 0 Å². The van der Waals surface area contributed by atoms with Gasteiger partial charge in [-0.15, -0.1) is 0 Å². The summed E-state index contributed by atoms with van der Waals surface area (Å²) in [4.78, 5) is 0. The highest BCUT2D eigenvalue weighted by Gasteiger charge is 2.27. The van der Waals surface area contributed by atoms with Gasteiger partial charge >= 0.3 is 7.12 Å². The van der Waals surface area contributed by atoms with E-state index in [1.54, 1.807) is 0 Å². The van der Waals surface area contributed by atoms with Crippen molar-refractivity contribution in [2.24, 2.45) is 0 Å². The van der Waals surface area contributed by atoms with Crippen LogP contribution in [-0.4, -0.2) is 29.7 Å². The standard InChI is InChI=1S/C3H8BNO2/c6-4(7)3-1-2-5-3/h3,5-7H,1-2H2. The zero-order valence-electron chi connectivity index (χ0n) is 3.96. The number of hydrogen-bond acceptors (Lipinski definition) is 3. The quantitative estimate of drug-likeness (QED) is 0.347. The number of rotatable bonds is 1. The molecule has 1 aliphatic heterocycles. The Morgan fingerprint density at radius 3 is 2.14 bits per heavy atom. The minimum atomic E-state index is -1.16. The molecular formula is C3H8BNO2. The maximum absolute atomic E-state index is 8.37. The van der Waals surface area contributed by atoms with Crippen LogP contribution in [0.5, 0.6) is 0 Å². The van der Waals surface area contributed by atoms with Gasteiger partial charge in [0.15, 0.2) is 0 Å². The molecule has 3 N–H and O–H groups in total. The molecule has 0 radical (unpaired) electrons. The van der Waals surface area contributed by atoms with E-state index in [1.165, 1.54) is 0 Å². The highest BCUT2D eigenvalue weighted by Crippen LogP contribution is 2.00. The summed E-state index contributed by atoms with van der Waals surface area (Å²) >= 11 is 0. The van der Waals surface area contributed by atoms with E-state index in [1.807, 2.05) is 0 Å². The van der Waals surface area contributed by atoms with Gasteiger partial charge in [-0.3, -0.25) is 0 Å². The molecule has 3 nitrogen and oxygen atoms in total. The maximum Gasteiger partial charge on any atom is 0.469 e. The molecule has 1 unspecified atom stereocenters. The van der Waals surface area contributed by atoms with Gasteiger partial charge < -0.3 is 15.4 Å². The number of hydrogen-bond donors (Lipinski definition) is 3. The van der Waals surface area contributed by atoms with Crippen LogP contribution in [0.2, 0.25) is 0 Å². The molecule has 0 aliphatic carbocycles. The topological polar surface area (TPSA) is 52.5 Å². The Balaban J connectivity index is 2.14. The van der Waals surface area contributed by atoms with Gasteiger partial charge in [-0.1, -0.05) is 0 Å². The van der Waals surface area contributed by atoms with Crippen molar-refractivity contribution in [3.8, 4) is 0 Å². The summed E-state index contributed by atoms with van der Waals surface area (Å²) in [5, 5.41) is 19.6. The van der Waals surface area contributed by atoms with Crippen molar-refractivity contribution in [2.45, 2.75) is 12.4 Å². The Morgan fingerprint density at radius 2 is 2.14 bits per heavy atom. The van der Waals surface area contributed by atoms with Gasteiger partial charge in [0.2, 0.25) is 0 Å².